The third kappa shape index (κ3) is 7.28. The number of aromatic nitrogens is 1. The molecule has 0 saturated carbocycles. The number of aliphatic hydroxyl groups excluding tert-OH is 1. The van der Waals surface area contributed by atoms with E-state index >= 15 is 0 Å². The van der Waals surface area contributed by atoms with E-state index in [4.69, 9.17) is 21.4 Å². The van der Waals surface area contributed by atoms with Crippen molar-refractivity contribution in [1.82, 2.24) is 9.88 Å². The van der Waals surface area contributed by atoms with Gasteiger partial charge in [0.1, 0.15) is 17.4 Å². The molecule has 7 heteroatoms. The molecule has 160 valence electrons. The van der Waals surface area contributed by atoms with Crippen molar-refractivity contribution in [3.63, 3.8) is 0 Å². The molecule has 0 bridgehead atoms. The number of hydrogen-bond acceptors (Lipinski definition) is 5. The van der Waals surface area contributed by atoms with Crippen molar-refractivity contribution in [3.05, 3.63) is 44.9 Å². The summed E-state index contributed by atoms with van der Waals surface area (Å²) in [5.74, 6) is 0.817. The summed E-state index contributed by atoms with van der Waals surface area (Å²) in [5.41, 5.74) is 1.44. The fraction of sp³-hybridized carbons (Fsp3) is 0.545. The number of benzene rings is 1. The minimum Gasteiger partial charge on any atom is -0.486 e. The molecule has 1 heterocycles. The second kappa shape index (κ2) is 10.4. The van der Waals surface area contributed by atoms with Gasteiger partial charge in [0.15, 0.2) is 0 Å². The van der Waals surface area contributed by atoms with E-state index in [1.807, 2.05) is 22.4 Å². The molecule has 29 heavy (non-hydrogen) atoms. The van der Waals surface area contributed by atoms with Gasteiger partial charge in [0.2, 0.25) is 5.91 Å². The molecule has 1 amide bonds. The molecular formula is C22H31ClN2O3S. The van der Waals surface area contributed by atoms with Gasteiger partial charge in [-0.15, -0.1) is 11.3 Å². The van der Waals surface area contributed by atoms with Gasteiger partial charge in [0.05, 0.1) is 12.3 Å². The topological polar surface area (TPSA) is 62.7 Å². The molecule has 5 nitrogen and oxygen atoms in total. The maximum atomic E-state index is 13.0. The molecular weight excluding hydrogens is 408 g/mol. The molecule has 0 saturated heterocycles. The van der Waals surface area contributed by atoms with Gasteiger partial charge in [-0.25, -0.2) is 4.98 Å². The lowest BCUT2D eigenvalue weighted by atomic mass is 9.91. The highest BCUT2D eigenvalue weighted by atomic mass is 35.5. The van der Waals surface area contributed by atoms with Crippen molar-refractivity contribution in [1.29, 1.82) is 0 Å². The molecule has 0 aliphatic heterocycles. The molecule has 0 aliphatic carbocycles. The lowest BCUT2D eigenvalue weighted by molar-refractivity contribution is -0.135. The molecule has 0 spiro atoms. The maximum Gasteiger partial charge on any atom is 0.223 e. The Morgan fingerprint density at radius 2 is 2.10 bits per heavy atom. The number of halogens is 1. The number of nitrogens with zero attached hydrogens (tertiary/aromatic N) is 2. The van der Waals surface area contributed by atoms with E-state index in [1.165, 1.54) is 11.3 Å². The largest absolute Gasteiger partial charge is 0.486 e. The quantitative estimate of drug-likeness (QED) is 0.566. The van der Waals surface area contributed by atoms with Gasteiger partial charge in [-0.2, -0.15) is 0 Å². The van der Waals surface area contributed by atoms with Crippen LogP contribution in [0.1, 0.15) is 63.7 Å². The number of ether oxygens (including phenoxy) is 1. The number of thiazole rings is 1. The average molecular weight is 439 g/mol. The van der Waals surface area contributed by atoms with Gasteiger partial charge < -0.3 is 14.7 Å². The molecule has 2 aromatic rings. The molecule has 1 aromatic heterocycles. The predicted octanol–water partition coefficient (Wildman–Crippen LogP) is 5.43. The molecule has 1 aromatic carbocycles. The Bertz CT molecular complexity index is 817. The first kappa shape index (κ1) is 23.6. The molecule has 1 atom stereocenters. The average Bonchev–Trinajstić information content (AvgIpc) is 3.11. The molecule has 2 rings (SSSR count). The summed E-state index contributed by atoms with van der Waals surface area (Å²) in [5, 5.41) is 12.4. The van der Waals surface area contributed by atoms with Gasteiger partial charge >= 0.3 is 0 Å². The number of carbonyl (C=O) groups is 1. The highest BCUT2D eigenvalue weighted by Gasteiger charge is 2.25. The fourth-order valence-corrected chi connectivity index (χ4v) is 3.78. The summed E-state index contributed by atoms with van der Waals surface area (Å²) in [6, 6.07) is 5.59. The highest BCUT2D eigenvalue weighted by molar-refractivity contribution is 7.09. The normalized spacial score (nSPS) is 12.7. The Labute approximate surface area is 182 Å². The second-order valence-corrected chi connectivity index (χ2v) is 9.83. The van der Waals surface area contributed by atoms with Crippen molar-refractivity contribution >= 4 is 28.8 Å². The van der Waals surface area contributed by atoms with Gasteiger partial charge in [-0.3, -0.25) is 4.79 Å². The van der Waals surface area contributed by atoms with Crippen LogP contribution < -0.4 is 4.74 Å². The van der Waals surface area contributed by atoms with E-state index < -0.39 is 0 Å². The van der Waals surface area contributed by atoms with Gasteiger partial charge in [0, 0.05) is 35.0 Å². The molecule has 1 N–H and O–H groups in total. The van der Waals surface area contributed by atoms with Crippen LogP contribution in [0.4, 0.5) is 0 Å². The van der Waals surface area contributed by atoms with Crippen molar-refractivity contribution in [3.8, 4) is 5.75 Å². The van der Waals surface area contributed by atoms with Crippen molar-refractivity contribution < 1.29 is 14.6 Å². The van der Waals surface area contributed by atoms with Crippen LogP contribution in [-0.4, -0.2) is 26.9 Å². The second-order valence-electron chi connectivity index (χ2n) is 8.45. The zero-order valence-corrected chi connectivity index (χ0v) is 19.4. The zero-order chi connectivity index (χ0) is 21.6. The summed E-state index contributed by atoms with van der Waals surface area (Å²) in [7, 11) is 0. The third-order valence-electron chi connectivity index (χ3n) is 4.60. The molecule has 1 unspecified atom stereocenters. The number of rotatable bonds is 9. The van der Waals surface area contributed by atoms with E-state index in [0.29, 0.717) is 36.0 Å². The smallest absolute Gasteiger partial charge is 0.223 e. The lowest BCUT2D eigenvalue weighted by Crippen LogP contribution is -2.39. The van der Waals surface area contributed by atoms with Crippen molar-refractivity contribution in [2.24, 2.45) is 5.41 Å². The predicted molar refractivity (Wildman–Crippen MR) is 118 cm³/mol. The van der Waals surface area contributed by atoms with Crippen LogP contribution in [0.3, 0.4) is 0 Å². The Morgan fingerprint density at radius 3 is 2.69 bits per heavy atom. The van der Waals surface area contributed by atoms with E-state index in [-0.39, 0.29) is 24.0 Å². The van der Waals surface area contributed by atoms with Crippen LogP contribution in [0.15, 0.2) is 23.6 Å². The number of aliphatic hydroxyl groups is 1. The van der Waals surface area contributed by atoms with Crippen LogP contribution in [0.5, 0.6) is 5.75 Å². The molecule has 0 radical (unpaired) electrons. The zero-order valence-electron chi connectivity index (χ0n) is 17.9. The minimum atomic E-state index is -0.0809. The SMILES string of the molecule is CCC(C)N(Cc1cc(Cl)ccc1OCc1nc(CO)cs1)C(=O)CC(C)(C)C. The van der Waals surface area contributed by atoms with Crippen LogP contribution in [-0.2, 0) is 24.6 Å². The first-order chi connectivity index (χ1) is 13.6. The highest BCUT2D eigenvalue weighted by Crippen LogP contribution is 2.28. The maximum absolute atomic E-state index is 13.0. The third-order valence-corrected chi connectivity index (χ3v) is 5.71. The van der Waals surface area contributed by atoms with Crippen molar-refractivity contribution in [2.75, 3.05) is 0 Å². The monoisotopic (exact) mass is 438 g/mol. The van der Waals surface area contributed by atoms with E-state index in [1.54, 1.807) is 6.07 Å². The molecule has 0 fully saturated rings. The summed E-state index contributed by atoms with van der Waals surface area (Å²) in [4.78, 5) is 19.2. The van der Waals surface area contributed by atoms with Gasteiger partial charge in [-0.1, -0.05) is 39.3 Å². The van der Waals surface area contributed by atoms with Crippen LogP contribution >= 0.6 is 22.9 Å². The Hall–Kier alpha value is -1.63. The van der Waals surface area contributed by atoms with Gasteiger partial charge in [-0.05, 0) is 37.0 Å². The first-order valence-corrected chi connectivity index (χ1v) is 11.1. The Morgan fingerprint density at radius 1 is 1.38 bits per heavy atom. The first-order valence-electron chi connectivity index (χ1n) is 9.87. The summed E-state index contributed by atoms with van der Waals surface area (Å²) >= 11 is 7.69. The fourth-order valence-electron chi connectivity index (χ4n) is 2.89. The van der Waals surface area contributed by atoms with Crippen LogP contribution in [0, 0.1) is 5.41 Å². The van der Waals surface area contributed by atoms with Gasteiger partial charge in [0.25, 0.3) is 0 Å². The van der Waals surface area contributed by atoms with E-state index in [0.717, 1.165) is 17.0 Å². The Kier molecular flexibility index (Phi) is 8.49. The number of carbonyl (C=O) groups excluding carboxylic acids is 1. The van der Waals surface area contributed by atoms with Crippen LogP contribution in [0.25, 0.3) is 0 Å². The van der Waals surface area contributed by atoms with E-state index in [2.05, 4.69) is 39.6 Å². The summed E-state index contributed by atoms with van der Waals surface area (Å²) < 4.78 is 6.00. The number of amides is 1. The van der Waals surface area contributed by atoms with E-state index in [9.17, 15) is 4.79 Å². The summed E-state index contributed by atoms with van der Waals surface area (Å²) in [6.45, 7) is 11.0. The van der Waals surface area contributed by atoms with Crippen LogP contribution in [0.2, 0.25) is 5.02 Å². The van der Waals surface area contributed by atoms with Crippen molar-refractivity contribution in [2.45, 2.75) is 73.3 Å². The Balaban J connectivity index is 2.21. The minimum absolute atomic E-state index is 0.0777. The lowest BCUT2D eigenvalue weighted by Gasteiger charge is -2.32. The standard InChI is InChI=1S/C22H31ClN2O3S/c1-6-15(2)25(21(27)10-22(3,4)5)11-16-9-17(23)7-8-19(16)28-13-20-24-18(12-26)14-29-20/h7-9,14-15,26H,6,10-13H2,1-5H3. The number of hydrogen-bond donors (Lipinski definition) is 1. The summed E-state index contributed by atoms with van der Waals surface area (Å²) in [6.07, 6.45) is 1.35. The molecule has 0 aliphatic rings.